The van der Waals surface area contributed by atoms with Crippen molar-refractivity contribution < 1.29 is 19.0 Å². The number of methoxy groups -OCH3 is 1. The topological polar surface area (TPSA) is 92.0 Å². The lowest BCUT2D eigenvalue weighted by atomic mass is 10.2. The summed E-state index contributed by atoms with van der Waals surface area (Å²) in [6.07, 6.45) is 5.07. The Morgan fingerprint density at radius 1 is 1.12 bits per heavy atom. The SMILES string of the molecule is CCCCCOc1ccc(-c2nc3sc(=Cc4ccc(OC(C)=O)c(OC)c4)c(=O)n3n2)cc1. The van der Waals surface area contributed by atoms with E-state index in [4.69, 9.17) is 14.2 Å². The van der Waals surface area contributed by atoms with Gasteiger partial charge in [-0.2, -0.15) is 9.50 Å². The van der Waals surface area contributed by atoms with E-state index in [2.05, 4.69) is 17.0 Å². The molecule has 0 amide bonds. The van der Waals surface area contributed by atoms with Crippen LogP contribution in [0, 0.1) is 0 Å². The maximum absolute atomic E-state index is 12.9. The molecular formula is C25H25N3O5S. The van der Waals surface area contributed by atoms with E-state index in [1.54, 1.807) is 24.3 Å². The van der Waals surface area contributed by atoms with Gasteiger partial charge in [0, 0.05) is 12.5 Å². The maximum Gasteiger partial charge on any atom is 0.308 e. The largest absolute Gasteiger partial charge is 0.494 e. The summed E-state index contributed by atoms with van der Waals surface area (Å²) in [5.41, 5.74) is 1.29. The molecule has 4 rings (SSSR count). The lowest BCUT2D eigenvalue weighted by Crippen LogP contribution is -2.23. The van der Waals surface area contributed by atoms with Crippen molar-refractivity contribution in [1.29, 1.82) is 0 Å². The van der Waals surface area contributed by atoms with Crippen LogP contribution in [0.3, 0.4) is 0 Å². The minimum atomic E-state index is -0.438. The number of thiazole rings is 1. The summed E-state index contributed by atoms with van der Waals surface area (Å²) < 4.78 is 18.0. The van der Waals surface area contributed by atoms with Crippen LogP contribution in [0.25, 0.3) is 22.4 Å². The average molecular weight is 480 g/mol. The second-order valence-electron chi connectivity index (χ2n) is 7.63. The Kier molecular flexibility index (Phi) is 7.22. The Labute approximate surface area is 200 Å². The zero-order valence-corrected chi connectivity index (χ0v) is 20.1. The minimum absolute atomic E-state index is 0.252. The highest BCUT2D eigenvalue weighted by Gasteiger charge is 2.13. The molecule has 8 nitrogen and oxygen atoms in total. The van der Waals surface area contributed by atoms with Crippen LogP contribution in [0.1, 0.15) is 38.7 Å². The summed E-state index contributed by atoms with van der Waals surface area (Å²) >= 11 is 1.25. The predicted molar refractivity (Wildman–Crippen MR) is 131 cm³/mol. The lowest BCUT2D eigenvalue weighted by molar-refractivity contribution is -0.132. The van der Waals surface area contributed by atoms with Crippen LogP contribution in [0.5, 0.6) is 17.2 Å². The van der Waals surface area contributed by atoms with Crippen LogP contribution in [0.2, 0.25) is 0 Å². The van der Waals surface area contributed by atoms with E-state index in [9.17, 15) is 9.59 Å². The first-order valence-electron chi connectivity index (χ1n) is 11.0. The number of hydrogen-bond acceptors (Lipinski definition) is 8. The van der Waals surface area contributed by atoms with Gasteiger partial charge in [-0.05, 0) is 54.5 Å². The number of aromatic nitrogens is 3. The van der Waals surface area contributed by atoms with Crippen LogP contribution in [0.15, 0.2) is 47.3 Å². The Balaban J connectivity index is 1.56. The fraction of sp³-hybridized carbons (Fsp3) is 0.280. The molecule has 2 aromatic heterocycles. The molecule has 0 radical (unpaired) electrons. The molecule has 2 aromatic carbocycles. The first-order chi connectivity index (χ1) is 16.5. The number of hydrogen-bond donors (Lipinski definition) is 0. The van der Waals surface area contributed by atoms with E-state index >= 15 is 0 Å². The molecule has 0 unspecified atom stereocenters. The van der Waals surface area contributed by atoms with Crippen molar-refractivity contribution in [2.75, 3.05) is 13.7 Å². The molecule has 0 N–H and O–H groups in total. The lowest BCUT2D eigenvalue weighted by Gasteiger charge is -2.08. The summed E-state index contributed by atoms with van der Waals surface area (Å²) in [4.78, 5) is 29.2. The molecule has 0 fully saturated rings. The minimum Gasteiger partial charge on any atom is -0.494 e. The van der Waals surface area contributed by atoms with E-state index in [0.717, 1.165) is 36.1 Å². The van der Waals surface area contributed by atoms with Crippen LogP contribution in [-0.2, 0) is 4.79 Å². The zero-order valence-electron chi connectivity index (χ0n) is 19.2. The molecular weight excluding hydrogens is 454 g/mol. The molecule has 0 spiro atoms. The van der Waals surface area contributed by atoms with Gasteiger partial charge < -0.3 is 14.2 Å². The molecule has 0 aliphatic rings. The third-order valence-corrected chi connectivity index (χ3v) is 6.01. The Bertz CT molecular complexity index is 1410. The number of nitrogens with zero attached hydrogens (tertiary/aromatic N) is 3. The highest BCUT2D eigenvalue weighted by molar-refractivity contribution is 7.15. The van der Waals surface area contributed by atoms with Crippen LogP contribution in [-0.4, -0.2) is 34.3 Å². The maximum atomic E-state index is 12.9. The highest BCUT2D eigenvalue weighted by atomic mass is 32.1. The van der Waals surface area contributed by atoms with Crippen LogP contribution < -0.4 is 24.3 Å². The van der Waals surface area contributed by atoms with Gasteiger partial charge in [0.05, 0.1) is 18.2 Å². The summed E-state index contributed by atoms with van der Waals surface area (Å²) in [7, 11) is 1.49. The van der Waals surface area contributed by atoms with Gasteiger partial charge in [-0.1, -0.05) is 37.2 Å². The summed E-state index contributed by atoms with van der Waals surface area (Å²) in [6, 6.07) is 12.6. The van der Waals surface area contributed by atoms with Crippen molar-refractivity contribution in [3.63, 3.8) is 0 Å². The van der Waals surface area contributed by atoms with E-state index in [1.165, 1.54) is 29.9 Å². The van der Waals surface area contributed by atoms with Crippen LogP contribution >= 0.6 is 11.3 Å². The van der Waals surface area contributed by atoms with Gasteiger partial charge in [0.15, 0.2) is 17.3 Å². The number of carbonyl (C=O) groups is 1. The van der Waals surface area contributed by atoms with Crippen LogP contribution in [0.4, 0.5) is 0 Å². The van der Waals surface area contributed by atoms with Crippen molar-refractivity contribution in [3.8, 4) is 28.6 Å². The predicted octanol–water partition coefficient (Wildman–Crippen LogP) is 3.87. The Hall–Kier alpha value is -3.72. The summed E-state index contributed by atoms with van der Waals surface area (Å²) in [6.45, 7) is 4.18. The number of unbranched alkanes of at least 4 members (excludes halogenated alkanes) is 2. The second-order valence-corrected chi connectivity index (χ2v) is 8.64. The molecule has 34 heavy (non-hydrogen) atoms. The van der Waals surface area contributed by atoms with Gasteiger partial charge in [-0.15, -0.1) is 5.10 Å². The van der Waals surface area contributed by atoms with E-state index in [-0.39, 0.29) is 5.56 Å². The van der Waals surface area contributed by atoms with Gasteiger partial charge in [-0.25, -0.2) is 0 Å². The fourth-order valence-corrected chi connectivity index (χ4v) is 4.27. The fourth-order valence-electron chi connectivity index (χ4n) is 3.36. The quantitative estimate of drug-likeness (QED) is 0.204. The second kappa shape index (κ2) is 10.5. The summed E-state index contributed by atoms with van der Waals surface area (Å²) in [5, 5.41) is 4.40. The van der Waals surface area contributed by atoms with Crippen molar-refractivity contribution in [1.82, 2.24) is 14.6 Å². The third kappa shape index (κ3) is 5.26. The van der Waals surface area contributed by atoms with Gasteiger partial charge in [0.25, 0.3) is 5.56 Å². The molecule has 0 saturated carbocycles. The smallest absolute Gasteiger partial charge is 0.308 e. The zero-order chi connectivity index (χ0) is 24.1. The molecule has 0 atom stereocenters. The van der Waals surface area contributed by atoms with E-state index in [1.807, 2.05) is 24.3 Å². The van der Waals surface area contributed by atoms with Crippen molar-refractivity contribution in [2.45, 2.75) is 33.1 Å². The molecule has 0 bridgehead atoms. The number of rotatable bonds is 9. The van der Waals surface area contributed by atoms with Gasteiger partial charge >= 0.3 is 5.97 Å². The molecule has 4 aromatic rings. The Morgan fingerprint density at radius 2 is 1.91 bits per heavy atom. The molecule has 0 saturated heterocycles. The number of ether oxygens (including phenoxy) is 3. The number of fused-ring (bicyclic) bond motifs is 1. The van der Waals surface area contributed by atoms with Crippen molar-refractivity contribution in [2.24, 2.45) is 0 Å². The number of esters is 1. The third-order valence-electron chi connectivity index (χ3n) is 5.05. The number of carbonyl (C=O) groups excluding carboxylic acids is 1. The standard InChI is InChI=1S/C25H25N3O5S/c1-4-5-6-13-32-19-10-8-18(9-11-19)23-26-25-28(27-23)24(30)22(34-25)15-17-7-12-20(33-16(2)29)21(14-17)31-3/h7-12,14-15H,4-6,13H2,1-3H3. The Morgan fingerprint density at radius 3 is 2.59 bits per heavy atom. The normalized spacial score (nSPS) is 11.7. The highest BCUT2D eigenvalue weighted by Crippen LogP contribution is 2.28. The number of benzene rings is 2. The molecule has 176 valence electrons. The van der Waals surface area contributed by atoms with E-state index in [0.29, 0.717) is 33.4 Å². The molecule has 0 aliphatic heterocycles. The van der Waals surface area contributed by atoms with Crippen molar-refractivity contribution >= 4 is 28.3 Å². The molecule has 9 heteroatoms. The average Bonchev–Trinajstić information content (AvgIpc) is 3.37. The first-order valence-corrected chi connectivity index (χ1v) is 11.8. The van der Waals surface area contributed by atoms with Gasteiger partial charge in [-0.3, -0.25) is 9.59 Å². The monoisotopic (exact) mass is 479 g/mol. The molecule has 0 aliphatic carbocycles. The first kappa shape index (κ1) is 23.4. The van der Waals surface area contributed by atoms with Crippen molar-refractivity contribution in [3.05, 3.63) is 62.9 Å². The van der Waals surface area contributed by atoms with Gasteiger partial charge in [0.1, 0.15) is 5.75 Å². The van der Waals surface area contributed by atoms with Gasteiger partial charge in [0.2, 0.25) is 4.96 Å². The van der Waals surface area contributed by atoms with E-state index < -0.39 is 5.97 Å². The summed E-state index contributed by atoms with van der Waals surface area (Å²) in [5.74, 6) is 1.57. The molecule has 2 heterocycles.